The average Bonchev–Trinajstić information content (AvgIpc) is 3.46. The Morgan fingerprint density at radius 3 is 2.23 bits per heavy atom. The lowest BCUT2D eigenvalue weighted by Crippen LogP contribution is -2.64. The Kier molecular flexibility index (Phi) is 6.01. The van der Waals surface area contributed by atoms with E-state index in [0.717, 1.165) is 54.2 Å². The number of hydrogen-bond donors (Lipinski definition) is 1. The fraction of sp³-hybridized carbons (Fsp3) is 0.355. The molecule has 0 unspecified atom stereocenters. The summed E-state index contributed by atoms with van der Waals surface area (Å²) in [5, 5.41) is 16.3. The normalized spacial score (nSPS) is 23.9. The Hall–Kier alpha value is -3.88. The number of quaternary nitrogens is 1. The van der Waals surface area contributed by atoms with Gasteiger partial charge < -0.3 is 28.3 Å². The zero-order valence-corrected chi connectivity index (χ0v) is 21.7. The summed E-state index contributed by atoms with van der Waals surface area (Å²) in [5.41, 5.74) is -0.118. The van der Waals surface area contributed by atoms with Crippen LogP contribution in [0.5, 0.6) is 17.2 Å². The summed E-state index contributed by atoms with van der Waals surface area (Å²) in [6.07, 6.45) is 2.28. The highest BCUT2D eigenvalue weighted by molar-refractivity contribution is 5.46. The zero-order valence-electron chi connectivity index (χ0n) is 21.7. The summed E-state index contributed by atoms with van der Waals surface area (Å²) in [6, 6.07) is 24.9. The lowest BCUT2D eigenvalue weighted by Gasteiger charge is -2.51. The second-order valence-corrected chi connectivity index (χ2v) is 10.9. The molecule has 3 aromatic carbocycles. The molecular weight excluding hydrogens is 494 g/mol. The number of hydrogen-bond acceptors (Lipinski definition) is 7. The van der Waals surface area contributed by atoms with Crippen molar-refractivity contribution in [1.29, 1.82) is 0 Å². The first kappa shape index (κ1) is 24.2. The standard InChI is InChI=1S/C31H32N3O5/c35-31(23-7-3-1-4-8-23,24-9-5-2-6-10-24)30-32-29(39-33-30)21-34-15-13-22(14-16-34)28(20-34)38-25-11-12-26-27(19-25)37-18-17-36-26/h1-12,19,22,28,35H,13-18,20-21H2/q+1/t22?,28-,34?/m0/s1. The molecule has 4 aliphatic rings. The Bertz CT molecular complexity index is 1390. The highest BCUT2D eigenvalue weighted by Gasteiger charge is 2.48. The molecule has 4 aromatic rings. The average molecular weight is 527 g/mol. The minimum absolute atomic E-state index is 0.100. The highest BCUT2D eigenvalue weighted by Crippen LogP contribution is 2.40. The van der Waals surface area contributed by atoms with Gasteiger partial charge in [0.05, 0.1) is 13.1 Å². The first-order valence-corrected chi connectivity index (χ1v) is 13.7. The third-order valence-corrected chi connectivity index (χ3v) is 8.49. The van der Waals surface area contributed by atoms with Gasteiger partial charge in [0.2, 0.25) is 5.82 Å². The molecule has 3 saturated heterocycles. The predicted octanol–water partition coefficient (Wildman–Crippen LogP) is 4.31. The Morgan fingerprint density at radius 2 is 1.54 bits per heavy atom. The van der Waals surface area contributed by atoms with Crippen LogP contribution in [0, 0.1) is 5.92 Å². The lowest BCUT2D eigenvalue weighted by molar-refractivity contribution is -0.959. The van der Waals surface area contributed by atoms with Gasteiger partial charge in [-0.25, -0.2) is 0 Å². The number of nitrogens with zero attached hydrogens (tertiary/aromatic N) is 3. The van der Waals surface area contributed by atoms with Crippen LogP contribution in [-0.4, -0.2) is 58.7 Å². The van der Waals surface area contributed by atoms with E-state index in [9.17, 15) is 5.11 Å². The first-order valence-electron chi connectivity index (χ1n) is 13.7. The molecule has 0 radical (unpaired) electrons. The van der Waals surface area contributed by atoms with Gasteiger partial charge in [0.15, 0.2) is 29.7 Å². The molecule has 8 nitrogen and oxygen atoms in total. The fourth-order valence-corrected chi connectivity index (χ4v) is 6.39. The van der Waals surface area contributed by atoms with E-state index in [2.05, 4.69) is 5.16 Å². The van der Waals surface area contributed by atoms with E-state index in [-0.39, 0.29) is 11.9 Å². The largest absolute Gasteiger partial charge is 0.486 e. The Morgan fingerprint density at radius 1 is 0.872 bits per heavy atom. The fourth-order valence-electron chi connectivity index (χ4n) is 6.39. The summed E-state index contributed by atoms with van der Waals surface area (Å²) in [4.78, 5) is 4.78. The van der Waals surface area contributed by atoms with Crippen molar-refractivity contribution in [3.05, 3.63) is 102 Å². The predicted molar refractivity (Wildman–Crippen MR) is 142 cm³/mol. The molecule has 2 bridgehead atoms. The molecule has 0 saturated carbocycles. The van der Waals surface area contributed by atoms with Gasteiger partial charge in [-0.05, 0) is 23.3 Å². The number of benzene rings is 3. The van der Waals surface area contributed by atoms with Crippen molar-refractivity contribution in [3.8, 4) is 17.2 Å². The lowest BCUT2D eigenvalue weighted by atomic mass is 9.83. The number of aromatic nitrogens is 2. The quantitative estimate of drug-likeness (QED) is 0.359. The van der Waals surface area contributed by atoms with Crippen molar-refractivity contribution in [3.63, 3.8) is 0 Å². The van der Waals surface area contributed by atoms with Gasteiger partial charge >= 0.3 is 0 Å². The number of piperidine rings is 3. The van der Waals surface area contributed by atoms with E-state index < -0.39 is 5.60 Å². The smallest absolute Gasteiger partial charge is 0.282 e. The van der Waals surface area contributed by atoms with Crippen LogP contribution in [0.2, 0.25) is 0 Å². The van der Waals surface area contributed by atoms with Gasteiger partial charge in [-0.2, -0.15) is 4.98 Å². The third-order valence-electron chi connectivity index (χ3n) is 8.49. The third kappa shape index (κ3) is 4.43. The van der Waals surface area contributed by atoms with Crippen molar-refractivity contribution >= 4 is 0 Å². The monoisotopic (exact) mass is 526 g/mol. The Labute approximate surface area is 227 Å². The maximum absolute atomic E-state index is 12.0. The molecule has 8 heteroatoms. The van der Waals surface area contributed by atoms with E-state index >= 15 is 0 Å². The van der Waals surface area contributed by atoms with Crippen LogP contribution in [0.15, 0.2) is 83.4 Å². The summed E-state index contributed by atoms with van der Waals surface area (Å²) in [5.74, 6) is 3.64. The topological polar surface area (TPSA) is 86.8 Å². The molecule has 4 aliphatic heterocycles. The molecule has 1 N–H and O–H groups in total. The van der Waals surface area contributed by atoms with E-state index in [0.29, 0.717) is 42.7 Å². The van der Waals surface area contributed by atoms with Crippen LogP contribution in [0.3, 0.4) is 0 Å². The van der Waals surface area contributed by atoms with Crippen LogP contribution in [-0.2, 0) is 12.1 Å². The van der Waals surface area contributed by atoms with Crippen LogP contribution in [0.1, 0.15) is 35.7 Å². The second-order valence-electron chi connectivity index (χ2n) is 10.9. The molecule has 1 atom stereocenters. The van der Waals surface area contributed by atoms with Crippen molar-refractivity contribution in [1.82, 2.24) is 10.1 Å². The van der Waals surface area contributed by atoms with Gasteiger partial charge in [-0.15, -0.1) is 0 Å². The number of aliphatic hydroxyl groups is 1. The van der Waals surface area contributed by atoms with E-state index in [1.807, 2.05) is 78.9 Å². The molecule has 0 amide bonds. The van der Waals surface area contributed by atoms with Crippen molar-refractivity contribution in [2.75, 3.05) is 32.8 Å². The molecule has 5 heterocycles. The molecule has 200 valence electrons. The van der Waals surface area contributed by atoms with Gasteiger partial charge in [-0.1, -0.05) is 65.8 Å². The SMILES string of the molecule is OC(c1ccccc1)(c1ccccc1)c1noc(C[N+]23CCC(CC2)[C@@H](Oc2ccc4c(c2)OCCO4)C3)n1. The molecule has 3 fully saturated rings. The highest BCUT2D eigenvalue weighted by atomic mass is 16.6. The summed E-state index contributed by atoms with van der Waals surface area (Å²) in [7, 11) is 0. The Balaban J connectivity index is 1.12. The van der Waals surface area contributed by atoms with E-state index in [1.54, 1.807) is 0 Å². The van der Waals surface area contributed by atoms with Gasteiger partial charge in [0.1, 0.15) is 25.5 Å². The van der Waals surface area contributed by atoms with Gasteiger partial charge in [0, 0.05) is 24.8 Å². The van der Waals surface area contributed by atoms with Crippen molar-refractivity contribution in [2.45, 2.75) is 31.1 Å². The maximum atomic E-state index is 12.0. The van der Waals surface area contributed by atoms with E-state index in [4.69, 9.17) is 23.7 Å². The molecule has 0 aliphatic carbocycles. The van der Waals surface area contributed by atoms with E-state index in [1.165, 1.54) is 0 Å². The van der Waals surface area contributed by atoms with Crippen molar-refractivity contribution < 1.29 is 28.3 Å². The zero-order chi connectivity index (χ0) is 26.3. The minimum Gasteiger partial charge on any atom is -0.486 e. The summed E-state index contributed by atoms with van der Waals surface area (Å²) in [6.45, 7) is 4.70. The molecule has 1 aromatic heterocycles. The second kappa shape index (κ2) is 9.70. The molecular formula is C31H32N3O5+. The summed E-state index contributed by atoms with van der Waals surface area (Å²) < 4.78 is 24.6. The van der Waals surface area contributed by atoms with Crippen LogP contribution in [0.4, 0.5) is 0 Å². The molecule has 8 rings (SSSR count). The number of fused-ring (bicyclic) bond motifs is 4. The van der Waals surface area contributed by atoms with Crippen molar-refractivity contribution in [2.24, 2.45) is 5.92 Å². The minimum atomic E-state index is -1.51. The van der Waals surface area contributed by atoms with Crippen LogP contribution >= 0.6 is 0 Å². The number of ether oxygens (including phenoxy) is 3. The van der Waals surface area contributed by atoms with Gasteiger partial charge in [0.25, 0.3) is 5.89 Å². The van der Waals surface area contributed by atoms with Gasteiger partial charge in [-0.3, -0.25) is 0 Å². The maximum Gasteiger partial charge on any atom is 0.282 e. The van der Waals surface area contributed by atoms with Crippen LogP contribution in [0.25, 0.3) is 0 Å². The van der Waals surface area contributed by atoms with Crippen LogP contribution < -0.4 is 14.2 Å². The first-order chi connectivity index (χ1) is 19.1. The molecule has 0 spiro atoms. The number of rotatable bonds is 7. The molecule has 39 heavy (non-hydrogen) atoms. The summed E-state index contributed by atoms with van der Waals surface area (Å²) >= 11 is 0.